The average molecular weight is 181 g/mol. The lowest BCUT2D eigenvalue weighted by Crippen LogP contribution is -2.01. The third-order valence-corrected chi connectivity index (χ3v) is 2.20. The minimum atomic E-state index is -4.28. The van der Waals surface area contributed by atoms with Crippen molar-refractivity contribution in [3.8, 4) is 0 Å². The van der Waals surface area contributed by atoms with Crippen LogP contribution in [0.4, 0.5) is 5.00 Å². The van der Waals surface area contributed by atoms with Gasteiger partial charge >= 0.3 is 10.1 Å². The number of nitrogens with zero attached hydrogens (tertiary/aromatic N) is 2. The van der Waals surface area contributed by atoms with Gasteiger partial charge in [-0.15, -0.1) is 5.10 Å². The fourth-order valence-corrected chi connectivity index (χ4v) is 1.58. The number of anilines is 1. The summed E-state index contributed by atoms with van der Waals surface area (Å²) in [6.45, 7) is 0. The number of rotatable bonds is 1. The van der Waals surface area contributed by atoms with E-state index in [1.807, 2.05) is 0 Å². The summed E-state index contributed by atoms with van der Waals surface area (Å²) >= 11 is 0.709. The van der Waals surface area contributed by atoms with Gasteiger partial charge < -0.3 is 5.73 Å². The first-order chi connectivity index (χ1) is 4.52. The van der Waals surface area contributed by atoms with Crippen molar-refractivity contribution in [3.05, 3.63) is 0 Å². The Morgan fingerprint density at radius 3 is 2.40 bits per heavy atom. The standard InChI is InChI=1S/C2H3N3O3S2/c3-1-2(4-5-9-1)10(6,7)8/h3H2,(H,6,7,8). The van der Waals surface area contributed by atoms with Gasteiger partial charge in [0.25, 0.3) is 0 Å². The predicted octanol–water partition coefficient (Wildman–Crippen LogP) is -0.633. The molecule has 0 aliphatic carbocycles. The van der Waals surface area contributed by atoms with Crippen LogP contribution in [0.1, 0.15) is 0 Å². The van der Waals surface area contributed by atoms with Crippen LogP contribution in [0.2, 0.25) is 0 Å². The Labute approximate surface area is 60.6 Å². The van der Waals surface area contributed by atoms with Gasteiger partial charge in [0.2, 0.25) is 5.03 Å². The summed E-state index contributed by atoms with van der Waals surface area (Å²) in [6.07, 6.45) is 0. The molecule has 0 saturated carbocycles. The van der Waals surface area contributed by atoms with E-state index in [-0.39, 0.29) is 5.00 Å². The van der Waals surface area contributed by atoms with E-state index in [9.17, 15) is 8.42 Å². The second-order valence-corrected chi connectivity index (χ2v) is 3.54. The second-order valence-electron chi connectivity index (χ2n) is 1.42. The van der Waals surface area contributed by atoms with Gasteiger partial charge in [-0.05, 0) is 0 Å². The monoisotopic (exact) mass is 181 g/mol. The van der Waals surface area contributed by atoms with E-state index in [1.165, 1.54) is 0 Å². The quantitative estimate of drug-likeness (QED) is 0.558. The molecule has 0 aromatic carbocycles. The highest BCUT2D eigenvalue weighted by atomic mass is 32.2. The first-order valence-corrected chi connectivity index (χ1v) is 4.28. The molecule has 0 saturated heterocycles. The van der Waals surface area contributed by atoms with Crippen molar-refractivity contribution in [2.24, 2.45) is 0 Å². The molecular formula is C2H3N3O3S2. The average Bonchev–Trinajstić information content (AvgIpc) is 2.11. The van der Waals surface area contributed by atoms with Crippen LogP contribution in [0.5, 0.6) is 0 Å². The van der Waals surface area contributed by atoms with E-state index in [4.69, 9.17) is 10.3 Å². The summed E-state index contributed by atoms with van der Waals surface area (Å²) in [6, 6.07) is 0. The fourth-order valence-electron chi connectivity index (χ4n) is 0.369. The largest absolute Gasteiger partial charge is 0.387 e. The van der Waals surface area contributed by atoms with Crippen LogP contribution in [-0.4, -0.2) is 22.6 Å². The first kappa shape index (κ1) is 7.38. The molecule has 1 heterocycles. The molecule has 0 amide bonds. The van der Waals surface area contributed by atoms with E-state index < -0.39 is 15.1 Å². The summed E-state index contributed by atoms with van der Waals surface area (Å²) in [4.78, 5) is 0. The third-order valence-electron chi connectivity index (χ3n) is 0.726. The number of nitrogen functional groups attached to an aromatic ring is 1. The van der Waals surface area contributed by atoms with Crippen LogP contribution >= 0.6 is 11.5 Å². The van der Waals surface area contributed by atoms with Gasteiger partial charge in [-0.3, -0.25) is 4.55 Å². The molecule has 1 aromatic heterocycles. The van der Waals surface area contributed by atoms with Crippen LogP contribution < -0.4 is 5.73 Å². The Morgan fingerprint density at radius 2 is 2.20 bits per heavy atom. The van der Waals surface area contributed by atoms with Gasteiger partial charge in [0.05, 0.1) is 0 Å². The van der Waals surface area contributed by atoms with Crippen molar-refractivity contribution in [2.45, 2.75) is 5.03 Å². The van der Waals surface area contributed by atoms with Crippen molar-refractivity contribution < 1.29 is 13.0 Å². The zero-order valence-electron chi connectivity index (χ0n) is 4.55. The van der Waals surface area contributed by atoms with Gasteiger partial charge in [-0.25, -0.2) is 0 Å². The maximum absolute atomic E-state index is 10.3. The molecule has 1 rings (SSSR count). The van der Waals surface area contributed by atoms with E-state index >= 15 is 0 Å². The van der Waals surface area contributed by atoms with Crippen LogP contribution in [0, 0.1) is 0 Å². The van der Waals surface area contributed by atoms with E-state index in [1.54, 1.807) is 0 Å². The summed E-state index contributed by atoms with van der Waals surface area (Å²) in [5, 5.41) is 2.41. The molecule has 10 heavy (non-hydrogen) atoms. The highest BCUT2D eigenvalue weighted by Crippen LogP contribution is 2.16. The van der Waals surface area contributed by atoms with Crippen molar-refractivity contribution >= 4 is 26.7 Å². The molecule has 0 aliphatic rings. The maximum Gasteiger partial charge on any atom is 0.317 e. The van der Waals surface area contributed by atoms with Crippen LogP contribution in [0.25, 0.3) is 0 Å². The molecule has 0 atom stereocenters. The smallest absolute Gasteiger partial charge is 0.317 e. The van der Waals surface area contributed by atoms with E-state index in [0.29, 0.717) is 11.5 Å². The SMILES string of the molecule is Nc1snnc1S(=O)(=O)O. The summed E-state index contributed by atoms with van der Waals surface area (Å²) in [5.74, 6) is 0. The van der Waals surface area contributed by atoms with Crippen LogP contribution in [-0.2, 0) is 10.1 Å². The predicted molar refractivity (Wildman–Crippen MR) is 34.1 cm³/mol. The molecule has 0 spiro atoms. The molecule has 56 valence electrons. The van der Waals surface area contributed by atoms with Crippen molar-refractivity contribution in [2.75, 3.05) is 5.73 Å². The lowest BCUT2D eigenvalue weighted by Gasteiger charge is -1.87. The molecule has 6 nitrogen and oxygen atoms in total. The Bertz CT molecular complexity index is 327. The number of hydrogen-bond acceptors (Lipinski definition) is 6. The zero-order chi connectivity index (χ0) is 7.78. The second kappa shape index (κ2) is 2.15. The molecule has 0 fully saturated rings. The minimum absolute atomic E-state index is 0.109. The van der Waals surface area contributed by atoms with Gasteiger partial charge in [-0.2, -0.15) is 8.42 Å². The number of hydrogen-bond donors (Lipinski definition) is 2. The highest BCUT2D eigenvalue weighted by Gasteiger charge is 2.17. The molecule has 1 aromatic rings. The normalized spacial score (nSPS) is 11.7. The first-order valence-electron chi connectivity index (χ1n) is 2.07. The fraction of sp³-hybridized carbons (Fsp3) is 0. The van der Waals surface area contributed by atoms with Crippen molar-refractivity contribution in [1.82, 2.24) is 9.59 Å². The Hall–Kier alpha value is -0.730. The number of nitrogens with two attached hydrogens (primary N) is 1. The molecule has 0 unspecified atom stereocenters. The molecule has 8 heteroatoms. The molecular weight excluding hydrogens is 178 g/mol. The lowest BCUT2D eigenvalue weighted by molar-refractivity contribution is 0.479. The topological polar surface area (TPSA) is 106 Å². The Balaban J connectivity index is 3.32. The van der Waals surface area contributed by atoms with Gasteiger partial charge in [-0.1, -0.05) is 4.49 Å². The summed E-state index contributed by atoms with van der Waals surface area (Å²) in [5.41, 5.74) is 5.08. The van der Waals surface area contributed by atoms with E-state index in [2.05, 4.69) is 9.59 Å². The summed E-state index contributed by atoms with van der Waals surface area (Å²) < 4.78 is 32.2. The lowest BCUT2D eigenvalue weighted by atomic mass is 10.9. The molecule has 0 bridgehead atoms. The molecule has 3 N–H and O–H groups in total. The molecule has 0 radical (unpaired) electrons. The van der Waals surface area contributed by atoms with Crippen molar-refractivity contribution in [3.63, 3.8) is 0 Å². The van der Waals surface area contributed by atoms with Crippen molar-refractivity contribution in [1.29, 1.82) is 0 Å². The highest BCUT2D eigenvalue weighted by molar-refractivity contribution is 7.86. The number of aromatic nitrogens is 2. The van der Waals surface area contributed by atoms with E-state index in [0.717, 1.165) is 0 Å². The Kier molecular flexibility index (Phi) is 1.58. The van der Waals surface area contributed by atoms with Crippen LogP contribution in [0.15, 0.2) is 5.03 Å². The minimum Gasteiger partial charge on any atom is -0.387 e. The maximum atomic E-state index is 10.3. The van der Waals surface area contributed by atoms with Crippen LogP contribution in [0.3, 0.4) is 0 Å². The summed E-state index contributed by atoms with van der Waals surface area (Å²) in [7, 11) is -4.28. The van der Waals surface area contributed by atoms with Gasteiger partial charge in [0.15, 0.2) is 0 Å². The molecule has 0 aliphatic heterocycles. The zero-order valence-corrected chi connectivity index (χ0v) is 6.18. The van der Waals surface area contributed by atoms with Gasteiger partial charge in [0, 0.05) is 11.5 Å². The Morgan fingerprint density at radius 1 is 1.60 bits per heavy atom. The van der Waals surface area contributed by atoms with Gasteiger partial charge in [0.1, 0.15) is 5.00 Å². The third kappa shape index (κ3) is 1.23.